The first-order chi connectivity index (χ1) is 11.7. The van der Waals surface area contributed by atoms with E-state index >= 15 is 0 Å². The summed E-state index contributed by atoms with van der Waals surface area (Å²) in [5.41, 5.74) is 3.34. The molecule has 1 amide bonds. The minimum atomic E-state index is -0.0231. The van der Waals surface area contributed by atoms with Gasteiger partial charge in [-0.25, -0.2) is 0 Å². The van der Waals surface area contributed by atoms with E-state index in [4.69, 9.17) is 14.2 Å². The molecule has 122 valence electrons. The molecule has 5 nitrogen and oxygen atoms in total. The Morgan fingerprint density at radius 1 is 1.17 bits per heavy atom. The molecule has 24 heavy (non-hydrogen) atoms. The second-order valence-electron chi connectivity index (χ2n) is 5.69. The number of anilines is 1. The molecular weight excluding hydrogens is 306 g/mol. The zero-order chi connectivity index (χ0) is 16.7. The zero-order valence-electron chi connectivity index (χ0n) is 13.5. The molecule has 0 N–H and O–H groups in total. The van der Waals surface area contributed by atoms with E-state index in [0.717, 1.165) is 16.8 Å². The van der Waals surface area contributed by atoms with Crippen LogP contribution in [0, 0.1) is 0 Å². The van der Waals surface area contributed by atoms with E-state index in [1.165, 1.54) is 0 Å². The predicted molar refractivity (Wildman–Crippen MR) is 91.7 cm³/mol. The Balaban J connectivity index is 1.83. The van der Waals surface area contributed by atoms with Crippen LogP contribution in [0.15, 0.2) is 36.4 Å². The molecule has 0 atom stereocenters. The molecule has 2 aliphatic rings. The second kappa shape index (κ2) is 5.60. The van der Waals surface area contributed by atoms with Gasteiger partial charge in [-0.05, 0) is 29.8 Å². The number of methoxy groups -OCH3 is 1. The first-order valence-corrected chi connectivity index (χ1v) is 7.76. The second-order valence-corrected chi connectivity index (χ2v) is 5.69. The van der Waals surface area contributed by atoms with Crippen molar-refractivity contribution >= 4 is 23.2 Å². The Hall–Kier alpha value is -2.95. The lowest BCUT2D eigenvalue weighted by atomic mass is 10.0. The Kier molecular flexibility index (Phi) is 3.41. The van der Waals surface area contributed by atoms with Crippen LogP contribution >= 0.6 is 0 Å². The number of rotatable bonds is 2. The maximum atomic E-state index is 12.6. The van der Waals surface area contributed by atoms with Gasteiger partial charge in [0.1, 0.15) is 13.2 Å². The Bertz CT molecular complexity index is 839. The fourth-order valence-electron chi connectivity index (χ4n) is 3.08. The molecule has 0 aromatic heterocycles. The number of fused-ring (bicyclic) bond motifs is 2. The lowest BCUT2D eigenvalue weighted by molar-refractivity contribution is -0.112. The number of benzene rings is 2. The number of ether oxygens (including phenoxy) is 3. The Labute approximate surface area is 140 Å². The molecule has 2 heterocycles. The Morgan fingerprint density at radius 3 is 2.79 bits per heavy atom. The summed E-state index contributed by atoms with van der Waals surface area (Å²) in [7, 11) is 3.38. The summed E-state index contributed by atoms with van der Waals surface area (Å²) < 4.78 is 16.7. The van der Waals surface area contributed by atoms with Crippen LogP contribution in [0.1, 0.15) is 11.1 Å². The number of nitrogens with zero attached hydrogens (tertiary/aromatic N) is 1. The molecule has 0 saturated heterocycles. The van der Waals surface area contributed by atoms with Crippen LogP contribution in [0.4, 0.5) is 5.69 Å². The van der Waals surface area contributed by atoms with Crippen molar-refractivity contribution in [2.45, 2.75) is 0 Å². The molecule has 0 radical (unpaired) electrons. The standard InChI is InChI=1S/C19H17NO4/c1-20-15-6-4-3-5-13(15)14(19(20)21)9-12-10-16(22-2)18-17(11-12)23-7-8-24-18/h3-6,9-11H,7-8H2,1-2H3/b14-9+. The lowest BCUT2D eigenvalue weighted by Gasteiger charge is -2.21. The van der Waals surface area contributed by atoms with Crippen molar-refractivity contribution < 1.29 is 19.0 Å². The molecular formula is C19H17NO4. The third-order valence-corrected chi connectivity index (χ3v) is 4.25. The summed E-state index contributed by atoms with van der Waals surface area (Å²) in [6, 6.07) is 11.5. The fraction of sp³-hybridized carbons (Fsp3) is 0.211. The molecule has 2 aliphatic heterocycles. The molecule has 5 heteroatoms. The van der Waals surface area contributed by atoms with Crippen LogP contribution in [0.3, 0.4) is 0 Å². The highest BCUT2D eigenvalue weighted by Crippen LogP contribution is 2.42. The zero-order valence-corrected chi connectivity index (χ0v) is 13.5. The number of para-hydroxylation sites is 1. The topological polar surface area (TPSA) is 48.0 Å². The van der Waals surface area contributed by atoms with Gasteiger partial charge >= 0.3 is 0 Å². The fourth-order valence-corrected chi connectivity index (χ4v) is 3.08. The maximum absolute atomic E-state index is 12.6. The molecule has 0 aliphatic carbocycles. The number of carbonyl (C=O) groups excluding carboxylic acids is 1. The van der Waals surface area contributed by atoms with Gasteiger partial charge in [-0.2, -0.15) is 0 Å². The molecule has 0 saturated carbocycles. The van der Waals surface area contributed by atoms with Crippen molar-refractivity contribution in [2.24, 2.45) is 0 Å². The Morgan fingerprint density at radius 2 is 1.96 bits per heavy atom. The van der Waals surface area contributed by atoms with Gasteiger partial charge < -0.3 is 19.1 Å². The van der Waals surface area contributed by atoms with Crippen LogP contribution in [0.25, 0.3) is 11.6 Å². The van der Waals surface area contributed by atoms with E-state index in [1.807, 2.05) is 42.5 Å². The van der Waals surface area contributed by atoms with Crippen molar-refractivity contribution in [2.75, 3.05) is 32.3 Å². The van der Waals surface area contributed by atoms with Crippen LogP contribution in [0.5, 0.6) is 17.2 Å². The highest BCUT2D eigenvalue weighted by molar-refractivity contribution is 6.35. The van der Waals surface area contributed by atoms with Crippen molar-refractivity contribution in [1.29, 1.82) is 0 Å². The summed E-state index contributed by atoms with van der Waals surface area (Å²) in [4.78, 5) is 14.2. The van der Waals surface area contributed by atoms with Crippen molar-refractivity contribution in [1.82, 2.24) is 0 Å². The lowest BCUT2D eigenvalue weighted by Crippen LogP contribution is -2.20. The van der Waals surface area contributed by atoms with Gasteiger partial charge in [0.15, 0.2) is 11.5 Å². The van der Waals surface area contributed by atoms with E-state index in [0.29, 0.717) is 36.0 Å². The van der Waals surface area contributed by atoms with Crippen LogP contribution in [-0.4, -0.2) is 33.3 Å². The quantitative estimate of drug-likeness (QED) is 0.797. The highest BCUT2D eigenvalue weighted by atomic mass is 16.6. The monoisotopic (exact) mass is 323 g/mol. The summed E-state index contributed by atoms with van der Waals surface area (Å²) >= 11 is 0. The normalized spacial score (nSPS) is 17.2. The van der Waals surface area contributed by atoms with Gasteiger partial charge in [0.25, 0.3) is 5.91 Å². The molecule has 2 aromatic carbocycles. The van der Waals surface area contributed by atoms with Crippen molar-refractivity contribution in [3.63, 3.8) is 0 Å². The van der Waals surface area contributed by atoms with E-state index in [-0.39, 0.29) is 5.91 Å². The average molecular weight is 323 g/mol. The van der Waals surface area contributed by atoms with E-state index in [9.17, 15) is 4.79 Å². The van der Waals surface area contributed by atoms with Gasteiger partial charge in [0.05, 0.1) is 12.8 Å². The third-order valence-electron chi connectivity index (χ3n) is 4.25. The van der Waals surface area contributed by atoms with Gasteiger partial charge in [-0.3, -0.25) is 4.79 Å². The van der Waals surface area contributed by atoms with Crippen LogP contribution in [0.2, 0.25) is 0 Å². The van der Waals surface area contributed by atoms with Crippen LogP contribution in [-0.2, 0) is 4.79 Å². The number of hydrogen-bond donors (Lipinski definition) is 0. The van der Waals surface area contributed by atoms with Crippen molar-refractivity contribution in [3.05, 3.63) is 47.5 Å². The van der Waals surface area contributed by atoms with E-state index in [1.54, 1.807) is 19.1 Å². The highest BCUT2D eigenvalue weighted by Gasteiger charge is 2.29. The van der Waals surface area contributed by atoms with Gasteiger partial charge in [0.2, 0.25) is 5.75 Å². The summed E-state index contributed by atoms with van der Waals surface area (Å²) in [6.45, 7) is 1.00. The number of likely N-dealkylation sites (N-methyl/N-ethyl adjacent to an activating group) is 1. The van der Waals surface area contributed by atoms with Crippen molar-refractivity contribution in [3.8, 4) is 17.2 Å². The average Bonchev–Trinajstić information content (AvgIpc) is 2.86. The number of hydrogen-bond acceptors (Lipinski definition) is 4. The van der Waals surface area contributed by atoms with Gasteiger partial charge in [0, 0.05) is 18.2 Å². The maximum Gasteiger partial charge on any atom is 0.258 e. The number of amides is 1. The molecule has 0 unspecified atom stereocenters. The molecule has 2 aromatic rings. The van der Waals surface area contributed by atoms with Crippen LogP contribution < -0.4 is 19.1 Å². The first-order valence-electron chi connectivity index (χ1n) is 7.76. The minimum absolute atomic E-state index is 0.0231. The van der Waals surface area contributed by atoms with E-state index < -0.39 is 0 Å². The molecule has 0 fully saturated rings. The molecule has 0 spiro atoms. The molecule has 4 rings (SSSR count). The van der Waals surface area contributed by atoms with E-state index in [2.05, 4.69) is 0 Å². The van der Waals surface area contributed by atoms with Gasteiger partial charge in [-0.15, -0.1) is 0 Å². The first kappa shape index (κ1) is 14.6. The molecule has 0 bridgehead atoms. The third kappa shape index (κ3) is 2.21. The van der Waals surface area contributed by atoms with Gasteiger partial charge in [-0.1, -0.05) is 18.2 Å². The minimum Gasteiger partial charge on any atom is -0.493 e. The SMILES string of the molecule is COc1cc(/C=C2/C(=O)N(C)c3ccccc32)cc2c1OCCO2. The summed E-state index contributed by atoms with van der Waals surface area (Å²) in [6.07, 6.45) is 1.87. The largest absolute Gasteiger partial charge is 0.493 e. The summed E-state index contributed by atoms with van der Waals surface area (Å²) in [5.74, 6) is 1.83. The number of carbonyl (C=O) groups is 1. The summed E-state index contributed by atoms with van der Waals surface area (Å²) in [5, 5.41) is 0. The smallest absolute Gasteiger partial charge is 0.258 e. The predicted octanol–water partition coefficient (Wildman–Crippen LogP) is 2.98.